The number of rotatable bonds is 2. The highest BCUT2D eigenvalue weighted by molar-refractivity contribution is 7.80. The van der Waals surface area contributed by atoms with Crippen molar-refractivity contribution >= 4 is 34.1 Å². The lowest BCUT2D eigenvalue weighted by Crippen LogP contribution is -1.87. The third kappa shape index (κ3) is 1.45. The van der Waals surface area contributed by atoms with E-state index in [2.05, 4.69) is 25.6 Å². The van der Waals surface area contributed by atoms with E-state index in [0.717, 1.165) is 22.3 Å². The predicted molar refractivity (Wildman–Crippen MR) is 64.4 cm³/mol. The number of aliphatic hydroxyl groups is 1. The molecule has 2 aromatic rings. The molecule has 1 N–H and O–H groups in total. The minimum absolute atomic E-state index is 0.0881. The van der Waals surface area contributed by atoms with Gasteiger partial charge in [0.1, 0.15) is 0 Å². The van der Waals surface area contributed by atoms with Crippen LogP contribution in [0.4, 0.5) is 0 Å². The molecule has 1 nitrogen and oxygen atoms in total. The lowest BCUT2D eigenvalue weighted by molar-refractivity contribution is 0.283. The van der Waals surface area contributed by atoms with E-state index in [0.29, 0.717) is 0 Å². The van der Waals surface area contributed by atoms with Crippen LogP contribution in [0.2, 0.25) is 0 Å². The van der Waals surface area contributed by atoms with Crippen molar-refractivity contribution in [3.05, 3.63) is 28.6 Å². The maximum atomic E-state index is 9.21. The molecule has 1 heterocycles. The van der Waals surface area contributed by atoms with Crippen LogP contribution in [0, 0.1) is 0 Å². The van der Waals surface area contributed by atoms with Gasteiger partial charge in [0.25, 0.3) is 0 Å². The molecule has 0 unspecified atom stereocenters. The van der Waals surface area contributed by atoms with Gasteiger partial charge in [-0.2, -0.15) is 0 Å². The molecule has 14 heavy (non-hydrogen) atoms. The van der Waals surface area contributed by atoms with E-state index in [-0.39, 0.29) is 6.61 Å². The Bertz CT molecular complexity index is 460. The summed E-state index contributed by atoms with van der Waals surface area (Å²) in [5.41, 5.74) is 2.31. The quantitative estimate of drug-likeness (QED) is 0.750. The number of hydrogen-bond acceptors (Lipinski definition) is 3. The van der Waals surface area contributed by atoms with Crippen LogP contribution >= 0.6 is 24.0 Å². The molecule has 2 rings (SSSR count). The third-order valence-electron chi connectivity index (χ3n) is 2.42. The molecule has 0 fully saturated rings. The van der Waals surface area contributed by atoms with Crippen LogP contribution < -0.4 is 0 Å². The van der Waals surface area contributed by atoms with E-state index in [9.17, 15) is 5.11 Å². The summed E-state index contributed by atoms with van der Waals surface area (Å²) in [6, 6.07) is 4.09. The summed E-state index contributed by atoms with van der Waals surface area (Å²) in [4.78, 5) is 0.976. The van der Waals surface area contributed by atoms with Crippen molar-refractivity contribution in [3.8, 4) is 0 Å². The standard InChI is InChI=1S/C11H12OS2/c1-2-7-3-4-8(5-12)10-9(13)6-14-11(7)10/h3-4,6,12-13H,2,5H2,1H3. The van der Waals surface area contributed by atoms with Gasteiger partial charge in [-0.25, -0.2) is 0 Å². The Morgan fingerprint density at radius 3 is 2.71 bits per heavy atom. The van der Waals surface area contributed by atoms with Crippen LogP contribution in [0.1, 0.15) is 18.1 Å². The van der Waals surface area contributed by atoms with Crippen LogP contribution in [-0.4, -0.2) is 5.11 Å². The van der Waals surface area contributed by atoms with Crippen molar-refractivity contribution in [2.45, 2.75) is 24.8 Å². The summed E-state index contributed by atoms with van der Waals surface area (Å²) in [6.07, 6.45) is 1.02. The Hall–Kier alpha value is -0.510. The fraction of sp³-hybridized carbons (Fsp3) is 0.273. The first kappa shape index (κ1) is 10.0. The van der Waals surface area contributed by atoms with E-state index in [4.69, 9.17) is 0 Å². The number of fused-ring (bicyclic) bond motifs is 1. The van der Waals surface area contributed by atoms with Crippen molar-refractivity contribution in [2.24, 2.45) is 0 Å². The van der Waals surface area contributed by atoms with Crippen molar-refractivity contribution in [1.82, 2.24) is 0 Å². The van der Waals surface area contributed by atoms with Gasteiger partial charge in [0.2, 0.25) is 0 Å². The monoisotopic (exact) mass is 224 g/mol. The van der Waals surface area contributed by atoms with E-state index in [1.54, 1.807) is 11.3 Å². The van der Waals surface area contributed by atoms with Gasteiger partial charge in [-0.05, 0) is 17.5 Å². The number of aliphatic hydroxyl groups excluding tert-OH is 1. The van der Waals surface area contributed by atoms with Gasteiger partial charge < -0.3 is 5.11 Å². The third-order valence-corrected chi connectivity index (χ3v) is 4.00. The van der Waals surface area contributed by atoms with Crippen molar-refractivity contribution < 1.29 is 5.11 Å². The molecule has 1 aromatic carbocycles. The van der Waals surface area contributed by atoms with Crippen molar-refractivity contribution in [1.29, 1.82) is 0 Å². The van der Waals surface area contributed by atoms with Crippen LogP contribution in [0.5, 0.6) is 0 Å². The second kappa shape index (κ2) is 3.93. The van der Waals surface area contributed by atoms with Crippen LogP contribution in [0.15, 0.2) is 22.4 Å². The normalized spacial score (nSPS) is 11.1. The molecule has 0 aliphatic carbocycles. The highest BCUT2D eigenvalue weighted by atomic mass is 32.1. The topological polar surface area (TPSA) is 20.2 Å². The average Bonchev–Trinajstić information content (AvgIpc) is 2.60. The van der Waals surface area contributed by atoms with E-state index in [1.807, 2.05) is 11.4 Å². The maximum Gasteiger partial charge on any atom is 0.0688 e. The molecular formula is C11H12OS2. The van der Waals surface area contributed by atoms with Crippen molar-refractivity contribution in [3.63, 3.8) is 0 Å². The molecule has 0 amide bonds. The number of hydrogen-bond donors (Lipinski definition) is 2. The lowest BCUT2D eigenvalue weighted by Gasteiger charge is -2.04. The highest BCUT2D eigenvalue weighted by Gasteiger charge is 2.09. The van der Waals surface area contributed by atoms with Crippen LogP contribution in [0.25, 0.3) is 10.1 Å². The van der Waals surface area contributed by atoms with E-state index < -0.39 is 0 Å². The molecule has 0 saturated heterocycles. The minimum atomic E-state index is 0.0881. The highest BCUT2D eigenvalue weighted by Crippen LogP contribution is 2.34. The zero-order chi connectivity index (χ0) is 10.1. The fourth-order valence-electron chi connectivity index (χ4n) is 1.67. The van der Waals surface area contributed by atoms with Crippen molar-refractivity contribution in [2.75, 3.05) is 0 Å². The Kier molecular flexibility index (Phi) is 2.81. The largest absolute Gasteiger partial charge is 0.392 e. The Morgan fingerprint density at radius 2 is 2.07 bits per heavy atom. The number of thiophene rings is 1. The maximum absolute atomic E-state index is 9.21. The molecule has 3 heteroatoms. The van der Waals surface area contributed by atoms with Gasteiger partial charge >= 0.3 is 0 Å². The first-order chi connectivity index (χ1) is 6.77. The van der Waals surface area contributed by atoms with Crippen LogP contribution in [0.3, 0.4) is 0 Å². The Labute approximate surface area is 92.8 Å². The van der Waals surface area contributed by atoms with Crippen LogP contribution in [-0.2, 0) is 13.0 Å². The molecule has 0 radical (unpaired) electrons. The molecule has 1 aromatic heterocycles. The first-order valence-electron chi connectivity index (χ1n) is 4.59. The average molecular weight is 224 g/mol. The van der Waals surface area contributed by atoms with Gasteiger partial charge in [0, 0.05) is 20.4 Å². The zero-order valence-corrected chi connectivity index (χ0v) is 9.66. The first-order valence-corrected chi connectivity index (χ1v) is 5.92. The summed E-state index contributed by atoms with van der Waals surface area (Å²) in [5, 5.41) is 12.4. The minimum Gasteiger partial charge on any atom is -0.392 e. The molecule has 0 spiro atoms. The second-order valence-corrected chi connectivity index (χ2v) is 4.58. The van der Waals surface area contributed by atoms with E-state index >= 15 is 0 Å². The summed E-state index contributed by atoms with van der Waals surface area (Å²) in [6.45, 7) is 2.23. The molecule has 0 aliphatic heterocycles. The smallest absolute Gasteiger partial charge is 0.0688 e. The molecule has 74 valence electrons. The lowest BCUT2D eigenvalue weighted by atomic mass is 10.1. The number of aryl methyl sites for hydroxylation is 1. The summed E-state index contributed by atoms with van der Waals surface area (Å²) in [5.74, 6) is 0. The summed E-state index contributed by atoms with van der Waals surface area (Å²) < 4.78 is 1.27. The van der Waals surface area contributed by atoms with E-state index in [1.165, 1.54) is 10.3 Å². The molecule has 0 aliphatic rings. The van der Waals surface area contributed by atoms with Gasteiger partial charge in [0.15, 0.2) is 0 Å². The summed E-state index contributed by atoms with van der Waals surface area (Å²) >= 11 is 6.12. The molecular weight excluding hydrogens is 212 g/mol. The predicted octanol–water partition coefficient (Wildman–Crippen LogP) is 3.24. The van der Waals surface area contributed by atoms with Gasteiger partial charge in [-0.15, -0.1) is 24.0 Å². The molecule has 0 saturated carbocycles. The SMILES string of the molecule is CCc1ccc(CO)c2c(S)csc12. The molecule has 0 bridgehead atoms. The van der Waals surface area contributed by atoms with Gasteiger partial charge in [-0.1, -0.05) is 19.1 Å². The fourth-order valence-corrected chi connectivity index (χ4v) is 3.23. The number of thiol groups is 1. The van der Waals surface area contributed by atoms with Gasteiger partial charge in [0.05, 0.1) is 6.61 Å². The Balaban J connectivity index is 2.81. The summed E-state index contributed by atoms with van der Waals surface area (Å²) in [7, 11) is 0. The zero-order valence-electron chi connectivity index (χ0n) is 7.95. The second-order valence-electron chi connectivity index (χ2n) is 3.22. The van der Waals surface area contributed by atoms with Gasteiger partial charge in [-0.3, -0.25) is 0 Å². The number of benzene rings is 1. The molecule has 0 atom stereocenters. The Morgan fingerprint density at radius 1 is 1.36 bits per heavy atom.